The summed E-state index contributed by atoms with van der Waals surface area (Å²) in [6.07, 6.45) is 3.97. The summed E-state index contributed by atoms with van der Waals surface area (Å²) in [5.41, 5.74) is 3.04. The molecule has 2 heteroatoms. The predicted molar refractivity (Wildman–Crippen MR) is 67.8 cm³/mol. The smallest absolute Gasteiger partial charge is 0.0456 e. The molecule has 2 N–H and O–H groups in total. The van der Waals surface area contributed by atoms with Gasteiger partial charge in [0.1, 0.15) is 0 Å². The topological polar surface area (TPSA) is 27.8 Å². The largest absolute Gasteiger partial charge is 0.358 e. The highest BCUT2D eigenvalue weighted by atomic mass is 14.9. The summed E-state index contributed by atoms with van der Waals surface area (Å²) in [4.78, 5) is 3.58. The summed E-state index contributed by atoms with van der Waals surface area (Å²) in [7, 11) is 2.04. The molecule has 1 aromatic heterocycles. The highest BCUT2D eigenvalue weighted by Gasteiger charge is 2.39. The zero-order valence-electron chi connectivity index (χ0n) is 9.72. The molecule has 0 spiro atoms. The number of hydrogen-bond acceptors (Lipinski definition) is 1. The molecular formula is C14H18N2. The van der Waals surface area contributed by atoms with Crippen LogP contribution in [0.2, 0.25) is 0 Å². The summed E-state index contributed by atoms with van der Waals surface area (Å²) in [5, 5.41) is 4.67. The minimum Gasteiger partial charge on any atom is -0.358 e. The van der Waals surface area contributed by atoms with Crippen molar-refractivity contribution in [2.24, 2.45) is 0 Å². The van der Waals surface area contributed by atoms with Gasteiger partial charge in [0.2, 0.25) is 0 Å². The van der Waals surface area contributed by atoms with Gasteiger partial charge >= 0.3 is 0 Å². The van der Waals surface area contributed by atoms with Crippen LogP contribution in [0.3, 0.4) is 0 Å². The number of aromatic nitrogens is 1. The summed E-state index contributed by atoms with van der Waals surface area (Å²) in [6, 6.07) is 10.9. The maximum atomic E-state index is 3.58. The first kappa shape index (κ1) is 9.91. The van der Waals surface area contributed by atoms with Gasteiger partial charge < -0.3 is 10.3 Å². The van der Waals surface area contributed by atoms with E-state index in [1.54, 1.807) is 0 Å². The molecule has 1 aliphatic carbocycles. The summed E-state index contributed by atoms with van der Waals surface area (Å²) < 4.78 is 0. The fraction of sp³-hybridized carbons (Fsp3) is 0.429. The lowest BCUT2D eigenvalue weighted by Crippen LogP contribution is -2.43. The molecule has 1 aromatic carbocycles. The molecule has 2 nitrogen and oxygen atoms in total. The van der Waals surface area contributed by atoms with Gasteiger partial charge in [0, 0.05) is 23.2 Å². The zero-order valence-corrected chi connectivity index (χ0v) is 9.72. The van der Waals surface area contributed by atoms with E-state index in [1.807, 2.05) is 7.05 Å². The Morgan fingerprint density at radius 1 is 1.31 bits per heavy atom. The number of rotatable bonds is 3. The van der Waals surface area contributed by atoms with Gasteiger partial charge in [-0.05, 0) is 37.4 Å². The van der Waals surface area contributed by atoms with Crippen LogP contribution in [0.25, 0.3) is 10.9 Å². The van der Waals surface area contributed by atoms with Crippen molar-refractivity contribution in [3.63, 3.8) is 0 Å². The van der Waals surface area contributed by atoms with Crippen LogP contribution in [0.15, 0.2) is 30.3 Å². The van der Waals surface area contributed by atoms with Gasteiger partial charge in [-0.1, -0.05) is 24.6 Å². The maximum Gasteiger partial charge on any atom is 0.0456 e. The number of nitrogens with one attached hydrogen (secondary N) is 2. The third-order valence-electron chi connectivity index (χ3n) is 3.93. The highest BCUT2D eigenvalue weighted by Crippen LogP contribution is 2.43. The third-order valence-corrected chi connectivity index (χ3v) is 3.93. The lowest BCUT2D eigenvalue weighted by atomic mass is 9.66. The van der Waals surface area contributed by atoms with Gasteiger partial charge in [-0.15, -0.1) is 0 Å². The van der Waals surface area contributed by atoms with E-state index in [-0.39, 0.29) is 0 Å². The Balaban J connectivity index is 2.04. The van der Waals surface area contributed by atoms with Crippen LogP contribution in [0.5, 0.6) is 0 Å². The SMILES string of the molecule is CNCC1(c2cc3ccccc3[nH]2)CCC1. The second-order valence-corrected chi connectivity index (χ2v) is 4.93. The van der Waals surface area contributed by atoms with Crippen LogP contribution in [-0.4, -0.2) is 18.6 Å². The molecule has 84 valence electrons. The number of benzene rings is 1. The molecule has 0 saturated heterocycles. The Labute approximate surface area is 96.1 Å². The van der Waals surface area contributed by atoms with Crippen molar-refractivity contribution in [3.8, 4) is 0 Å². The number of fused-ring (bicyclic) bond motifs is 1. The van der Waals surface area contributed by atoms with Gasteiger partial charge in [0.15, 0.2) is 0 Å². The minimum atomic E-state index is 0.369. The molecule has 1 fully saturated rings. The monoisotopic (exact) mass is 214 g/mol. The van der Waals surface area contributed by atoms with Crippen LogP contribution in [-0.2, 0) is 5.41 Å². The van der Waals surface area contributed by atoms with E-state index in [9.17, 15) is 0 Å². The first-order valence-electron chi connectivity index (χ1n) is 6.07. The Kier molecular flexibility index (Phi) is 2.25. The van der Waals surface area contributed by atoms with Gasteiger partial charge in [-0.3, -0.25) is 0 Å². The van der Waals surface area contributed by atoms with Crippen molar-refractivity contribution in [1.82, 2.24) is 10.3 Å². The fourth-order valence-corrected chi connectivity index (χ4v) is 2.84. The quantitative estimate of drug-likeness (QED) is 0.808. The number of likely N-dealkylation sites (N-methyl/N-ethyl adjacent to an activating group) is 1. The van der Waals surface area contributed by atoms with E-state index in [2.05, 4.69) is 40.6 Å². The molecule has 2 aromatic rings. The average Bonchev–Trinajstić information content (AvgIpc) is 2.66. The molecule has 0 unspecified atom stereocenters. The number of H-pyrrole nitrogens is 1. The molecular weight excluding hydrogens is 196 g/mol. The molecule has 1 saturated carbocycles. The maximum absolute atomic E-state index is 3.58. The Hall–Kier alpha value is -1.28. The third kappa shape index (κ3) is 1.37. The molecule has 0 amide bonds. The van der Waals surface area contributed by atoms with Crippen molar-refractivity contribution >= 4 is 10.9 Å². The van der Waals surface area contributed by atoms with E-state index in [0.717, 1.165) is 6.54 Å². The van der Waals surface area contributed by atoms with E-state index < -0.39 is 0 Å². The first-order valence-corrected chi connectivity index (χ1v) is 6.07. The van der Waals surface area contributed by atoms with E-state index in [0.29, 0.717) is 5.41 Å². The minimum absolute atomic E-state index is 0.369. The number of para-hydroxylation sites is 1. The predicted octanol–water partition coefficient (Wildman–Crippen LogP) is 2.81. The molecule has 16 heavy (non-hydrogen) atoms. The second kappa shape index (κ2) is 3.63. The van der Waals surface area contributed by atoms with Crippen molar-refractivity contribution < 1.29 is 0 Å². The summed E-state index contributed by atoms with van der Waals surface area (Å²) >= 11 is 0. The van der Waals surface area contributed by atoms with E-state index >= 15 is 0 Å². The first-order chi connectivity index (χ1) is 7.84. The molecule has 1 heterocycles. The lowest BCUT2D eigenvalue weighted by molar-refractivity contribution is 0.233. The molecule has 3 rings (SSSR count). The Bertz CT molecular complexity index is 461. The lowest BCUT2D eigenvalue weighted by Gasteiger charge is -2.41. The zero-order chi connectivity index (χ0) is 11.0. The average molecular weight is 214 g/mol. The number of aromatic amines is 1. The summed E-state index contributed by atoms with van der Waals surface area (Å²) in [6.45, 7) is 1.08. The summed E-state index contributed by atoms with van der Waals surface area (Å²) in [5.74, 6) is 0. The van der Waals surface area contributed by atoms with Crippen LogP contribution >= 0.6 is 0 Å². The molecule has 0 atom stereocenters. The van der Waals surface area contributed by atoms with E-state index in [1.165, 1.54) is 35.9 Å². The molecule has 0 radical (unpaired) electrons. The normalized spacial score (nSPS) is 18.6. The van der Waals surface area contributed by atoms with Crippen molar-refractivity contribution in [3.05, 3.63) is 36.0 Å². The van der Waals surface area contributed by atoms with Crippen LogP contribution in [0.4, 0.5) is 0 Å². The Morgan fingerprint density at radius 2 is 2.12 bits per heavy atom. The van der Waals surface area contributed by atoms with E-state index in [4.69, 9.17) is 0 Å². The molecule has 0 aliphatic heterocycles. The highest BCUT2D eigenvalue weighted by molar-refractivity contribution is 5.80. The van der Waals surface area contributed by atoms with Crippen molar-refractivity contribution in [2.75, 3.05) is 13.6 Å². The van der Waals surface area contributed by atoms with Crippen molar-refractivity contribution in [1.29, 1.82) is 0 Å². The van der Waals surface area contributed by atoms with Gasteiger partial charge in [-0.2, -0.15) is 0 Å². The van der Waals surface area contributed by atoms with Gasteiger partial charge in [-0.25, -0.2) is 0 Å². The van der Waals surface area contributed by atoms with Crippen LogP contribution in [0, 0.1) is 0 Å². The standard InChI is InChI=1S/C14H18N2/c1-15-10-14(7-4-8-14)13-9-11-5-2-3-6-12(11)16-13/h2-3,5-6,9,15-16H,4,7-8,10H2,1H3. The van der Waals surface area contributed by atoms with Crippen LogP contribution < -0.4 is 5.32 Å². The van der Waals surface area contributed by atoms with Crippen molar-refractivity contribution in [2.45, 2.75) is 24.7 Å². The van der Waals surface area contributed by atoms with Gasteiger partial charge in [0.05, 0.1) is 0 Å². The number of hydrogen-bond donors (Lipinski definition) is 2. The molecule has 1 aliphatic rings. The second-order valence-electron chi connectivity index (χ2n) is 4.93. The van der Waals surface area contributed by atoms with Crippen LogP contribution in [0.1, 0.15) is 25.0 Å². The van der Waals surface area contributed by atoms with Gasteiger partial charge in [0.25, 0.3) is 0 Å². The molecule has 0 bridgehead atoms. The Morgan fingerprint density at radius 3 is 2.75 bits per heavy atom. The fourth-order valence-electron chi connectivity index (χ4n) is 2.84.